The van der Waals surface area contributed by atoms with Gasteiger partial charge in [0.15, 0.2) is 0 Å². The van der Waals surface area contributed by atoms with Crippen LogP contribution in [0.2, 0.25) is 5.02 Å². The van der Waals surface area contributed by atoms with Gasteiger partial charge in [-0.25, -0.2) is 0 Å². The standard InChI is InChI=1S/C13H17ClO2/c1-10-13(9-15,5-6-16-10)8-11-3-2-4-12(14)7-11/h2-4,7,10,15H,5-6,8-9H2,1H3. The first-order valence-corrected chi connectivity index (χ1v) is 6.01. The average molecular weight is 241 g/mol. The van der Waals surface area contributed by atoms with Crippen LogP contribution >= 0.6 is 11.6 Å². The fraction of sp³-hybridized carbons (Fsp3) is 0.538. The van der Waals surface area contributed by atoms with E-state index in [1.807, 2.05) is 31.2 Å². The van der Waals surface area contributed by atoms with E-state index in [1.54, 1.807) is 0 Å². The van der Waals surface area contributed by atoms with E-state index in [0.29, 0.717) is 0 Å². The van der Waals surface area contributed by atoms with Gasteiger partial charge >= 0.3 is 0 Å². The maximum atomic E-state index is 9.60. The summed E-state index contributed by atoms with van der Waals surface area (Å²) in [7, 11) is 0. The van der Waals surface area contributed by atoms with E-state index < -0.39 is 0 Å². The lowest BCUT2D eigenvalue weighted by Crippen LogP contribution is -2.35. The number of hydrogen-bond donors (Lipinski definition) is 1. The second-order valence-electron chi connectivity index (χ2n) is 4.59. The van der Waals surface area contributed by atoms with Crippen molar-refractivity contribution in [1.29, 1.82) is 0 Å². The molecule has 2 nitrogen and oxygen atoms in total. The minimum absolute atomic E-state index is 0.108. The number of rotatable bonds is 3. The summed E-state index contributed by atoms with van der Waals surface area (Å²) >= 11 is 5.96. The maximum absolute atomic E-state index is 9.60. The first-order valence-electron chi connectivity index (χ1n) is 5.63. The molecule has 1 aliphatic rings. The second-order valence-corrected chi connectivity index (χ2v) is 5.03. The molecule has 0 bridgehead atoms. The van der Waals surface area contributed by atoms with Gasteiger partial charge in [-0.05, 0) is 37.5 Å². The molecule has 1 fully saturated rings. The summed E-state index contributed by atoms with van der Waals surface area (Å²) in [6.07, 6.45) is 1.85. The molecule has 1 aromatic rings. The van der Waals surface area contributed by atoms with Gasteiger partial charge in [0, 0.05) is 17.0 Å². The quantitative estimate of drug-likeness (QED) is 0.880. The molecule has 1 N–H and O–H groups in total. The Kier molecular flexibility index (Phi) is 3.53. The third kappa shape index (κ3) is 2.24. The van der Waals surface area contributed by atoms with Gasteiger partial charge < -0.3 is 9.84 Å². The second kappa shape index (κ2) is 4.74. The number of halogens is 1. The van der Waals surface area contributed by atoms with Crippen molar-refractivity contribution in [2.24, 2.45) is 5.41 Å². The van der Waals surface area contributed by atoms with E-state index in [0.717, 1.165) is 24.5 Å². The van der Waals surface area contributed by atoms with Crippen molar-refractivity contribution in [3.8, 4) is 0 Å². The fourth-order valence-corrected chi connectivity index (χ4v) is 2.58. The zero-order valence-corrected chi connectivity index (χ0v) is 10.2. The van der Waals surface area contributed by atoms with Crippen LogP contribution in [0.3, 0.4) is 0 Å². The molecular weight excluding hydrogens is 224 g/mol. The molecule has 0 spiro atoms. The van der Waals surface area contributed by atoms with Crippen LogP contribution in [-0.4, -0.2) is 24.4 Å². The van der Waals surface area contributed by atoms with E-state index in [-0.39, 0.29) is 18.1 Å². The van der Waals surface area contributed by atoms with Crippen LogP contribution < -0.4 is 0 Å². The van der Waals surface area contributed by atoms with Gasteiger partial charge in [-0.2, -0.15) is 0 Å². The Morgan fingerprint density at radius 3 is 2.94 bits per heavy atom. The van der Waals surface area contributed by atoms with Crippen molar-refractivity contribution in [3.05, 3.63) is 34.9 Å². The molecular formula is C13H17ClO2. The summed E-state index contributed by atoms with van der Waals surface area (Å²) in [5.74, 6) is 0. The van der Waals surface area contributed by atoms with Crippen molar-refractivity contribution < 1.29 is 9.84 Å². The number of aliphatic hydroxyl groups excluding tert-OH is 1. The molecule has 0 saturated carbocycles. The molecule has 0 aliphatic carbocycles. The Morgan fingerprint density at radius 2 is 2.38 bits per heavy atom. The number of hydrogen-bond acceptors (Lipinski definition) is 2. The smallest absolute Gasteiger partial charge is 0.0629 e. The van der Waals surface area contributed by atoms with Gasteiger partial charge in [0.25, 0.3) is 0 Å². The van der Waals surface area contributed by atoms with Crippen molar-refractivity contribution in [1.82, 2.24) is 0 Å². The number of aliphatic hydroxyl groups is 1. The van der Waals surface area contributed by atoms with Gasteiger partial charge in [-0.1, -0.05) is 23.7 Å². The Labute approximate surface area is 101 Å². The fourth-order valence-electron chi connectivity index (χ4n) is 2.37. The Hall–Kier alpha value is -0.570. The third-order valence-corrected chi connectivity index (χ3v) is 3.83. The molecule has 1 aromatic carbocycles. The predicted octanol–water partition coefficient (Wildman–Crippen LogP) is 2.67. The molecule has 1 saturated heterocycles. The Morgan fingerprint density at radius 1 is 1.56 bits per heavy atom. The molecule has 3 heteroatoms. The van der Waals surface area contributed by atoms with Gasteiger partial charge in [0.05, 0.1) is 12.7 Å². The van der Waals surface area contributed by atoms with Crippen LogP contribution in [0.25, 0.3) is 0 Å². The summed E-state index contributed by atoms with van der Waals surface area (Å²) in [5.41, 5.74) is 1.03. The highest BCUT2D eigenvalue weighted by molar-refractivity contribution is 6.30. The molecule has 2 atom stereocenters. The summed E-state index contributed by atoms with van der Waals surface area (Å²) in [4.78, 5) is 0. The molecule has 1 heterocycles. The first-order chi connectivity index (χ1) is 7.66. The van der Waals surface area contributed by atoms with Crippen molar-refractivity contribution in [3.63, 3.8) is 0 Å². The molecule has 0 amide bonds. The Bertz CT molecular complexity index is 367. The Balaban J connectivity index is 2.18. The number of ether oxygens (including phenoxy) is 1. The summed E-state index contributed by atoms with van der Waals surface area (Å²) in [6.45, 7) is 2.94. The van der Waals surface area contributed by atoms with E-state index in [4.69, 9.17) is 16.3 Å². The molecule has 2 rings (SSSR count). The van der Waals surface area contributed by atoms with Crippen LogP contribution in [0.15, 0.2) is 24.3 Å². The van der Waals surface area contributed by atoms with E-state index in [1.165, 1.54) is 5.56 Å². The highest BCUT2D eigenvalue weighted by Crippen LogP contribution is 2.38. The van der Waals surface area contributed by atoms with E-state index in [9.17, 15) is 5.11 Å². The summed E-state index contributed by atoms with van der Waals surface area (Å²) in [6, 6.07) is 7.83. The molecule has 88 valence electrons. The minimum Gasteiger partial charge on any atom is -0.396 e. The lowest BCUT2D eigenvalue weighted by molar-refractivity contribution is 0.0272. The lowest BCUT2D eigenvalue weighted by Gasteiger charge is -2.30. The number of benzene rings is 1. The van der Waals surface area contributed by atoms with Crippen molar-refractivity contribution >= 4 is 11.6 Å². The molecule has 2 unspecified atom stereocenters. The van der Waals surface area contributed by atoms with Crippen LogP contribution in [-0.2, 0) is 11.2 Å². The SMILES string of the molecule is CC1OCCC1(CO)Cc1cccc(Cl)c1. The highest BCUT2D eigenvalue weighted by atomic mass is 35.5. The summed E-state index contributed by atoms with van der Waals surface area (Å²) in [5, 5.41) is 10.4. The zero-order chi connectivity index (χ0) is 11.6. The lowest BCUT2D eigenvalue weighted by atomic mass is 9.77. The highest BCUT2D eigenvalue weighted by Gasteiger charge is 2.40. The topological polar surface area (TPSA) is 29.5 Å². The van der Waals surface area contributed by atoms with Gasteiger partial charge in [-0.3, -0.25) is 0 Å². The van der Waals surface area contributed by atoms with Gasteiger partial charge in [-0.15, -0.1) is 0 Å². The van der Waals surface area contributed by atoms with Crippen LogP contribution in [0.5, 0.6) is 0 Å². The van der Waals surface area contributed by atoms with E-state index >= 15 is 0 Å². The molecule has 16 heavy (non-hydrogen) atoms. The maximum Gasteiger partial charge on any atom is 0.0629 e. The molecule has 1 aliphatic heterocycles. The summed E-state index contributed by atoms with van der Waals surface area (Å²) < 4.78 is 5.57. The predicted molar refractivity (Wildman–Crippen MR) is 64.7 cm³/mol. The molecule has 0 radical (unpaired) electrons. The third-order valence-electron chi connectivity index (χ3n) is 3.59. The normalized spacial score (nSPS) is 29.6. The van der Waals surface area contributed by atoms with Crippen LogP contribution in [0, 0.1) is 5.41 Å². The van der Waals surface area contributed by atoms with Crippen LogP contribution in [0.1, 0.15) is 18.9 Å². The van der Waals surface area contributed by atoms with Gasteiger partial charge in [0.1, 0.15) is 0 Å². The zero-order valence-electron chi connectivity index (χ0n) is 9.45. The first kappa shape index (κ1) is 11.9. The largest absolute Gasteiger partial charge is 0.396 e. The monoisotopic (exact) mass is 240 g/mol. The minimum atomic E-state index is -0.134. The van der Waals surface area contributed by atoms with Crippen molar-refractivity contribution in [2.45, 2.75) is 25.9 Å². The molecule has 0 aromatic heterocycles. The van der Waals surface area contributed by atoms with E-state index in [2.05, 4.69) is 0 Å². The van der Waals surface area contributed by atoms with Crippen LogP contribution in [0.4, 0.5) is 0 Å². The average Bonchev–Trinajstić information content (AvgIpc) is 2.61. The van der Waals surface area contributed by atoms with Crippen molar-refractivity contribution in [2.75, 3.05) is 13.2 Å². The van der Waals surface area contributed by atoms with Gasteiger partial charge in [0.2, 0.25) is 0 Å².